The Bertz CT molecular complexity index is 551. The van der Waals surface area contributed by atoms with Gasteiger partial charge in [-0.1, -0.05) is 31.5 Å². The summed E-state index contributed by atoms with van der Waals surface area (Å²) in [7, 11) is 2.27. The first-order chi connectivity index (χ1) is 9.82. The average molecular weight is 286 g/mol. The zero-order valence-electron chi connectivity index (χ0n) is 14.5. The molecule has 4 atom stereocenters. The van der Waals surface area contributed by atoms with E-state index in [0.29, 0.717) is 17.9 Å². The van der Waals surface area contributed by atoms with Gasteiger partial charge < -0.3 is 10.2 Å². The highest BCUT2D eigenvalue weighted by atomic mass is 15.2. The van der Waals surface area contributed by atoms with Crippen LogP contribution >= 0.6 is 0 Å². The molecule has 1 aromatic rings. The van der Waals surface area contributed by atoms with Gasteiger partial charge in [0.05, 0.1) is 0 Å². The predicted molar refractivity (Wildman–Crippen MR) is 91.2 cm³/mol. The maximum Gasteiger partial charge on any atom is 0.0432 e. The van der Waals surface area contributed by atoms with Crippen LogP contribution in [0.5, 0.6) is 0 Å². The van der Waals surface area contributed by atoms with E-state index in [4.69, 9.17) is 0 Å². The molecule has 0 bridgehead atoms. The summed E-state index contributed by atoms with van der Waals surface area (Å²) in [6.45, 7) is 12.9. The van der Waals surface area contributed by atoms with Gasteiger partial charge in [-0.05, 0) is 63.6 Å². The van der Waals surface area contributed by atoms with Gasteiger partial charge in [0.25, 0.3) is 0 Å². The highest BCUT2D eigenvalue weighted by Gasteiger charge is 2.46. The largest absolute Gasteiger partial charge is 0.379 e. The number of hydrogen-bond donors (Lipinski definition) is 1. The van der Waals surface area contributed by atoms with Crippen molar-refractivity contribution in [3.63, 3.8) is 0 Å². The molecule has 2 heterocycles. The molecule has 21 heavy (non-hydrogen) atoms. The van der Waals surface area contributed by atoms with Crippen LogP contribution in [0.1, 0.15) is 56.2 Å². The molecule has 4 unspecified atom stereocenters. The van der Waals surface area contributed by atoms with Crippen molar-refractivity contribution in [3.05, 3.63) is 28.8 Å². The monoisotopic (exact) mass is 286 g/mol. The van der Waals surface area contributed by atoms with E-state index < -0.39 is 0 Å². The first kappa shape index (κ1) is 14.9. The molecule has 3 rings (SSSR count). The summed E-state index contributed by atoms with van der Waals surface area (Å²) in [5.74, 6) is 1.34. The van der Waals surface area contributed by atoms with Gasteiger partial charge in [-0.3, -0.25) is 0 Å². The van der Waals surface area contributed by atoms with Gasteiger partial charge in [0, 0.05) is 23.8 Å². The Morgan fingerprint density at radius 2 is 1.86 bits per heavy atom. The number of likely N-dealkylation sites (tertiary alicyclic amines) is 1. The van der Waals surface area contributed by atoms with Crippen LogP contribution in [-0.4, -0.2) is 30.1 Å². The Morgan fingerprint density at radius 1 is 1.14 bits per heavy atom. The molecular weight excluding hydrogens is 256 g/mol. The lowest BCUT2D eigenvalue weighted by atomic mass is 9.67. The summed E-state index contributed by atoms with van der Waals surface area (Å²) in [4.78, 5) is 2.51. The molecule has 0 radical (unpaired) electrons. The molecule has 0 saturated carbocycles. The number of piperidine rings is 1. The van der Waals surface area contributed by atoms with E-state index in [-0.39, 0.29) is 5.54 Å². The topological polar surface area (TPSA) is 15.3 Å². The molecule has 0 aliphatic carbocycles. The first-order valence-corrected chi connectivity index (χ1v) is 8.42. The summed E-state index contributed by atoms with van der Waals surface area (Å²) in [6, 6.07) is 5.37. The zero-order valence-corrected chi connectivity index (χ0v) is 14.5. The molecular formula is C19H30N2. The van der Waals surface area contributed by atoms with E-state index in [2.05, 4.69) is 64.0 Å². The molecule has 1 spiro atoms. The smallest absolute Gasteiger partial charge is 0.0432 e. The first-order valence-electron chi connectivity index (χ1n) is 8.42. The number of rotatable bonds is 0. The fourth-order valence-electron chi connectivity index (χ4n) is 4.65. The predicted octanol–water partition coefficient (Wildman–Crippen LogP) is 4.32. The lowest BCUT2D eigenvalue weighted by molar-refractivity contribution is 0.0802. The van der Waals surface area contributed by atoms with Crippen molar-refractivity contribution in [3.8, 4) is 0 Å². The molecule has 1 saturated heterocycles. The van der Waals surface area contributed by atoms with E-state index >= 15 is 0 Å². The van der Waals surface area contributed by atoms with E-state index in [1.807, 2.05) is 0 Å². The molecule has 2 heteroatoms. The number of anilines is 1. The Kier molecular flexibility index (Phi) is 3.56. The summed E-state index contributed by atoms with van der Waals surface area (Å²) in [5.41, 5.74) is 6.02. The van der Waals surface area contributed by atoms with Gasteiger partial charge in [-0.2, -0.15) is 0 Å². The number of benzene rings is 1. The molecule has 0 aromatic heterocycles. The molecule has 1 N–H and O–H groups in total. The van der Waals surface area contributed by atoms with Gasteiger partial charge in [0.2, 0.25) is 0 Å². The Balaban J connectivity index is 2.01. The van der Waals surface area contributed by atoms with Crippen molar-refractivity contribution in [2.24, 2.45) is 5.92 Å². The van der Waals surface area contributed by atoms with Gasteiger partial charge in [0.15, 0.2) is 0 Å². The molecule has 2 nitrogen and oxygen atoms in total. The molecule has 116 valence electrons. The molecule has 2 aliphatic rings. The summed E-state index contributed by atoms with van der Waals surface area (Å²) >= 11 is 0. The fourth-order valence-corrected chi connectivity index (χ4v) is 4.65. The fraction of sp³-hybridized carbons (Fsp3) is 0.684. The molecule has 0 amide bonds. The van der Waals surface area contributed by atoms with Crippen molar-refractivity contribution < 1.29 is 0 Å². The SMILES string of the molecule is Cc1cc(C)c2c(c1)C(C)CC1(CC(C)N(C)CC1C)N2. The summed E-state index contributed by atoms with van der Waals surface area (Å²) in [5, 5.41) is 4.01. The second kappa shape index (κ2) is 5.01. The van der Waals surface area contributed by atoms with Crippen LogP contribution in [0.25, 0.3) is 0 Å². The lowest BCUT2D eigenvalue weighted by Crippen LogP contribution is -2.59. The lowest BCUT2D eigenvalue weighted by Gasteiger charge is -2.53. The van der Waals surface area contributed by atoms with Crippen molar-refractivity contribution in [1.29, 1.82) is 0 Å². The van der Waals surface area contributed by atoms with E-state index in [9.17, 15) is 0 Å². The highest BCUT2D eigenvalue weighted by Crippen LogP contribution is 2.47. The number of fused-ring (bicyclic) bond motifs is 1. The minimum atomic E-state index is 0.276. The van der Waals surface area contributed by atoms with Crippen molar-refractivity contribution >= 4 is 5.69 Å². The molecule has 1 aromatic carbocycles. The van der Waals surface area contributed by atoms with Crippen LogP contribution in [-0.2, 0) is 0 Å². The van der Waals surface area contributed by atoms with Crippen molar-refractivity contribution in [1.82, 2.24) is 4.90 Å². The number of hydrogen-bond acceptors (Lipinski definition) is 2. The van der Waals surface area contributed by atoms with Crippen molar-refractivity contribution in [2.45, 2.75) is 65.0 Å². The van der Waals surface area contributed by atoms with Crippen LogP contribution in [0, 0.1) is 19.8 Å². The minimum absolute atomic E-state index is 0.276. The third-order valence-electron chi connectivity index (χ3n) is 6.00. The van der Waals surface area contributed by atoms with Gasteiger partial charge in [0.1, 0.15) is 0 Å². The summed E-state index contributed by atoms with van der Waals surface area (Å²) < 4.78 is 0. The van der Waals surface area contributed by atoms with Crippen LogP contribution in [0.2, 0.25) is 0 Å². The number of nitrogens with zero attached hydrogens (tertiary/aromatic N) is 1. The number of nitrogens with one attached hydrogen (secondary N) is 1. The van der Waals surface area contributed by atoms with Gasteiger partial charge >= 0.3 is 0 Å². The van der Waals surface area contributed by atoms with Gasteiger partial charge in [-0.25, -0.2) is 0 Å². The Labute approximate surface area is 129 Å². The second-order valence-electron chi connectivity index (χ2n) is 7.83. The van der Waals surface area contributed by atoms with E-state index in [0.717, 1.165) is 0 Å². The van der Waals surface area contributed by atoms with Crippen molar-refractivity contribution in [2.75, 3.05) is 18.9 Å². The third-order valence-corrected chi connectivity index (χ3v) is 6.00. The van der Waals surface area contributed by atoms with Crippen LogP contribution in [0.4, 0.5) is 5.69 Å². The molecule has 1 fully saturated rings. The zero-order chi connectivity index (χ0) is 15.4. The van der Waals surface area contributed by atoms with Crippen LogP contribution in [0.15, 0.2) is 12.1 Å². The van der Waals surface area contributed by atoms with E-state index in [1.54, 1.807) is 0 Å². The van der Waals surface area contributed by atoms with E-state index in [1.165, 1.54) is 41.8 Å². The maximum absolute atomic E-state index is 4.01. The molecule has 2 aliphatic heterocycles. The van der Waals surface area contributed by atoms with Crippen LogP contribution < -0.4 is 5.32 Å². The number of aryl methyl sites for hydroxylation is 2. The second-order valence-corrected chi connectivity index (χ2v) is 7.83. The third kappa shape index (κ3) is 2.38. The normalized spacial score (nSPS) is 36.4. The highest BCUT2D eigenvalue weighted by molar-refractivity contribution is 5.63. The average Bonchev–Trinajstić information content (AvgIpc) is 2.38. The Hall–Kier alpha value is -1.02. The summed E-state index contributed by atoms with van der Waals surface area (Å²) in [6.07, 6.45) is 2.52. The minimum Gasteiger partial charge on any atom is -0.379 e. The Morgan fingerprint density at radius 3 is 2.57 bits per heavy atom. The van der Waals surface area contributed by atoms with Gasteiger partial charge in [-0.15, -0.1) is 0 Å². The standard InChI is InChI=1S/C19H30N2/c1-12-7-13(2)18-17(8-12)14(3)9-19(20-18)10-16(5)21(6)11-15(19)4/h7-8,14-16,20H,9-11H2,1-6H3. The van der Waals surface area contributed by atoms with Crippen LogP contribution in [0.3, 0.4) is 0 Å². The quantitative estimate of drug-likeness (QED) is 0.764. The maximum atomic E-state index is 4.01.